The van der Waals surface area contributed by atoms with Gasteiger partial charge in [-0.05, 0) is 55.3 Å². The lowest BCUT2D eigenvalue weighted by atomic mass is 9.98. The number of hydrogen-bond acceptors (Lipinski definition) is 5. The molecule has 2 fully saturated rings. The maximum absolute atomic E-state index is 14.5. The van der Waals surface area contributed by atoms with Gasteiger partial charge in [-0.25, -0.2) is 14.4 Å². The Labute approximate surface area is 216 Å². The number of carbonyl (C=O) groups is 1. The van der Waals surface area contributed by atoms with E-state index in [1.54, 1.807) is 24.3 Å². The molecule has 0 spiro atoms. The smallest absolute Gasteiger partial charge is 0.165 e. The van der Waals surface area contributed by atoms with Crippen molar-refractivity contribution in [1.29, 1.82) is 0 Å². The van der Waals surface area contributed by atoms with Crippen LogP contribution in [0.25, 0.3) is 10.9 Å². The zero-order chi connectivity index (χ0) is 24.6. The molecule has 2 aliphatic rings. The van der Waals surface area contributed by atoms with Crippen LogP contribution < -0.4 is 5.32 Å². The molecule has 0 radical (unpaired) electrons. The summed E-state index contributed by atoms with van der Waals surface area (Å²) in [4.78, 5) is 23.7. The number of alkyl halides is 1. The summed E-state index contributed by atoms with van der Waals surface area (Å²) in [6.07, 6.45) is 6.09. The van der Waals surface area contributed by atoms with Crippen molar-refractivity contribution in [2.75, 3.05) is 30.8 Å². The van der Waals surface area contributed by atoms with Crippen molar-refractivity contribution >= 4 is 55.7 Å². The molecule has 1 aromatic heterocycles. The summed E-state index contributed by atoms with van der Waals surface area (Å²) in [5, 5.41) is 4.33. The van der Waals surface area contributed by atoms with Gasteiger partial charge in [0.2, 0.25) is 0 Å². The molecule has 1 saturated carbocycles. The summed E-state index contributed by atoms with van der Waals surface area (Å²) in [5.74, 6) is 7.36. The molecular formula is C27H23BrClFN4O. The number of halogens is 3. The molecule has 1 N–H and O–H groups in total. The number of nitrogens with one attached hydrogen (secondary N) is 1. The van der Waals surface area contributed by atoms with Gasteiger partial charge in [0, 0.05) is 41.2 Å². The Morgan fingerprint density at radius 1 is 1.40 bits per heavy atom. The second kappa shape index (κ2) is 9.69. The average Bonchev–Trinajstić information content (AvgIpc) is 3.40. The second-order valence-electron chi connectivity index (χ2n) is 9.18. The van der Waals surface area contributed by atoms with Crippen molar-refractivity contribution in [3.05, 3.63) is 70.8 Å². The number of allylic oxidation sites excluding steroid dienone is 2. The van der Waals surface area contributed by atoms with Crippen molar-refractivity contribution in [2.45, 2.75) is 12.8 Å². The van der Waals surface area contributed by atoms with E-state index in [0.29, 0.717) is 28.0 Å². The van der Waals surface area contributed by atoms with Crippen LogP contribution in [0.4, 0.5) is 15.9 Å². The number of hydrogen-bond donors (Lipinski definition) is 1. The molecule has 1 aliphatic heterocycles. The summed E-state index contributed by atoms with van der Waals surface area (Å²) >= 11 is 9.25. The van der Waals surface area contributed by atoms with E-state index in [1.165, 1.54) is 12.4 Å². The van der Waals surface area contributed by atoms with Crippen LogP contribution in [0.2, 0.25) is 5.02 Å². The fourth-order valence-corrected chi connectivity index (χ4v) is 5.14. The number of ketones is 1. The van der Waals surface area contributed by atoms with Crippen molar-refractivity contribution in [3.8, 4) is 11.8 Å². The van der Waals surface area contributed by atoms with Gasteiger partial charge in [-0.15, -0.1) is 0 Å². The third kappa shape index (κ3) is 4.97. The average molecular weight is 554 g/mol. The Morgan fingerprint density at radius 3 is 3.03 bits per heavy atom. The first-order chi connectivity index (χ1) is 16.9. The van der Waals surface area contributed by atoms with Crippen LogP contribution in [0.3, 0.4) is 0 Å². The number of likely N-dealkylation sites (tertiary alicyclic amines) is 1. The van der Waals surface area contributed by atoms with E-state index < -0.39 is 5.82 Å². The lowest BCUT2D eigenvalue weighted by molar-refractivity contribution is -0.114. The molecule has 5 nitrogen and oxygen atoms in total. The zero-order valence-corrected chi connectivity index (χ0v) is 21.5. The van der Waals surface area contributed by atoms with Gasteiger partial charge >= 0.3 is 0 Å². The number of benzene rings is 2. The molecule has 0 unspecified atom stereocenters. The molecule has 3 aromatic rings. The van der Waals surface area contributed by atoms with E-state index in [4.69, 9.17) is 11.6 Å². The maximum atomic E-state index is 14.5. The molecule has 0 amide bonds. The summed E-state index contributed by atoms with van der Waals surface area (Å²) in [5.41, 5.74) is 2.51. The Kier molecular flexibility index (Phi) is 6.63. The third-order valence-corrected chi connectivity index (χ3v) is 7.25. The standard InChI is InChI=1S/C27H23BrClFN4O/c1-34-14-19-13-27(19,15-34)8-7-17-12-24-21(11-18(17)10-20(35)4-3-9-28)26(32-16-31-24)33-23-6-2-5-22(29)25(23)30/h2-6,11-12,16,19H,9-10,13-15H2,1H3,(H,31,32,33)/b4-3+/t19-,27+/m1/s1. The second-order valence-corrected chi connectivity index (χ2v) is 10.2. The van der Waals surface area contributed by atoms with Gasteiger partial charge in [0.25, 0.3) is 0 Å². The van der Waals surface area contributed by atoms with Crippen LogP contribution in [0.5, 0.6) is 0 Å². The SMILES string of the molecule is CN1C[C@H]2C[C@@]2(C#Cc2cc3ncnc(Nc4cccc(Cl)c4F)c3cc2CC(=O)/C=C/CBr)C1. The van der Waals surface area contributed by atoms with Gasteiger partial charge in [-0.1, -0.05) is 51.5 Å². The highest BCUT2D eigenvalue weighted by atomic mass is 79.9. The molecule has 2 heterocycles. The number of piperidine rings is 1. The fourth-order valence-electron chi connectivity index (χ4n) is 4.78. The Bertz CT molecular complexity index is 1420. The quantitative estimate of drug-likeness (QED) is 0.247. The summed E-state index contributed by atoms with van der Waals surface area (Å²) in [6, 6.07) is 8.52. The van der Waals surface area contributed by atoms with E-state index in [9.17, 15) is 9.18 Å². The normalized spacial score (nSPS) is 21.1. The first-order valence-electron chi connectivity index (χ1n) is 11.3. The van der Waals surface area contributed by atoms with Crippen LogP contribution >= 0.6 is 27.5 Å². The molecule has 0 bridgehead atoms. The van der Waals surface area contributed by atoms with Gasteiger partial charge in [0.15, 0.2) is 11.6 Å². The molecule has 5 rings (SSSR count). The van der Waals surface area contributed by atoms with E-state index >= 15 is 0 Å². The molecule has 1 saturated heterocycles. The van der Waals surface area contributed by atoms with Gasteiger partial charge in [0.1, 0.15) is 12.1 Å². The summed E-state index contributed by atoms with van der Waals surface area (Å²) in [7, 11) is 2.13. The van der Waals surface area contributed by atoms with Crippen LogP contribution in [-0.2, 0) is 11.2 Å². The lowest BCUT2D eigenvalue weighted by Gasteiger charge is -2.12. The highest BCUT2D eigenvalue weighted by molar-refractivity contribution is 9.09. The molecule has 2 aromatic carbocycles. The first-order valence-corrected chi connectivity index (χ1v) is 12.8. The summed E-state index contributed by atoms with van der Waals surface area (Å²) < 4.78 is 14.5. The molecule has 35 heavy (non-hydrogen) atoms. The number of aromatic nitrogens is 2. The molecule has 2 atom stereocenters. The number of nitrogens with zero attached hydrogens (tertiary/aromatic N) is 3. The fraction of sp³-hybridized carbons (Fsp3) is 0.296. The first kappa shape index (κ1) is 23.9. The van der Waals surface area contributed by atoms with Crippen LogP contribution in [-0.4, -0.2) is 46.1 Å². The minimum atomic E-state index is -0.557. The van der Waals surface area contributed by atoms with Crippen molar-refractivity contribution < 1.29 is 9.18 Å². The van der Waals surface area contributed by atoms with Crippen molar-refractivity contribution in [1.82, 2.24) is 14.9 Å². The van der Waals surface area contributed by atoms with E-state index in [0.717, 1.165) is 30.6 Å². The lowest BCUT2D eigenvalue weighted by Crippen LogP contribution is -2.19. The largest absolute Gasteiger partial charge is 0.337 e. The van der Waals surface area contributed by atoms with E-state index in [2.05, 4.69) is 55.0 Å². The predicted octanol–water partition coefficient (Wildman–Crippen LogP) is 5.53. The molecule has 178 valence electrons. The highest BCUT2D eigenvalue weighted by Gasteiger charge is 2.58. The summed E-state index contributed by atoms with van der Waals surface area (Å²) in [6.45, 7) is 2.05. The van der Waals surface area contributed by atoms with E-state index in [1.807, 2.05) is 12.1 Å². The van der Waals surface area contributed by atoms with Gasteiger partial charge in [0.05, 0.1) is 16.2 Å². The number of fused-ring (bicyclic) bond motifs is 2. The minimum Gasteiger partial charge on any atom is -0.337 e. The minimum absolute atomic E-state index is 0.0195. The zero-order valence-electron chi connectivity index (χ0n) is 19.1. The Hall–Kier alpha value is -2.79. The maximum Gasteiger partial charge on any atom is 0.165 e. The van der Waals surface area contributed by atoms with Crippen molar-refractivity contribution in [2.24, 2.45) is 11.3 Å². The topological polar surface area (TPSA) is 58.1 Å². The van der Waals surface area contributed by atoms with Gasteiger partial charge in [-0.2, -0.15) is 0 Å². The van der Waals surface area contributed by atoms with Crippen molar-refractivity contribution in [3.63, 3.8) is 0 Å². The Balaban J connectivity index is 1.56. The van der Waals surface area contributed by atoms with Crippen LogP contribution in [0.15, 0.2) is 48.8 Å². The molecular weight excluding hydrogens is 531 g/mol. The number of anilines is 2. The molecule has 1 aliphatic carbocycles. The number of rotatable bonds is 6. The van der Waals surface area contributed by atoms with Crippen LogP contribution in [0, 0.1) is 29.0 Å². The van der Waals surface area contributed by atoms with Crippen LogP contribution in [0.1, 0.15) is 17.5 Å². The highest BCUT2D eigenvalue weighted by Crippen LogP contribution is 2.56. The number of carbonyl (C=O) groups excluding carboxylic acids is 1. The van der Waals surface area contributed by atoms with Gasteiger partial charge < -0.3 is 10.2 Å². The predicted molar refractivity (Wildman–Crippen MR) is 141 cm³/mol. The monoisotopic (exact) mass is 552 g/mol. The van der Waals surface area contributed by atoms with Gasteiger partial charge in [-0.3, -0.25) is 4.79 Å². The third-order valence-electron chi connectivity index (χ3n) is 6.58. The Morgan fingerprint density at radius 2 is 2.26 bits per heavy atom. The molecule has 8 heteroatoms. The van der Waals surface area contributed by atoms with E-state index in [-0.39, 0.29) is 28.3 Å².